The Kier molecular flexibility index (Phi) is 4.74. The van der Waals surface area contributed by atoms with Crippen LogP contribution in [0.1, 0.15) is 49.4 Å². The van der Waals surface area contributed by atoms with Crippen molar-refractivity contribution < 1.29 is 13.9 Å². The Labute approximate surface area is 121 Å². The van der Waals surface area contributed by atoms with E-state index >= 15 is 0 Å². The van der Waals surface area contributed by atoms with Crippen molar-refractivity contribution in [2.75, 3.05) is 6.61 Å². The molecule has 0 saturated heterocycles. The zero-order chi connectivity index (χ0) is 13.9. The Morgan fingerprint density at radius 1 is 1.37 bits per heavy atom. The second kappa shape index (κ2) is 6.14. The van der Waals surface area contributed by atoms with Gasteiger partial charge in [0.1, 0.15) is 11.4 Å². The molecule has 0 N–H and O–H groups in total. The number of halogens is 2. The maximum absolute atomic E-state index is 13.9. The predicted octanol–water partition coefficient (Wildman–Crippen LogP) is 4.51. The highest BCUT2D eigenvalue weighted by Gasteiger charge is 2.41. The molecule has 2 nitrogen and oxygen atoms in total. The zero-order valence-corrected chi connectivity index (χ0v) is 12.6. The summed E-state index contributed by atoms with van der Waals surface area (Å²) in [5, 5.41) is 0. The van der Waals surface area contributed by atoms with Crippen LogP contribution in [0.4, 0.5) is 4.39 Å². The first-order valence-electron chi connectivity index (χ1n) is 6.73. The van der Waals surface area contributed by atoms with E-state index in [-0.39, 0.29) is 11.3 Å². The van der Waals surface area contributed by atoms with Crippen molar-refractivity contribution in [1.82, 2.24) is 0 Å². The maximum atomic E-state index is 13.9. The third-order valence-corrected chi connectivity index (χ3v) is 4.16. The number of ether oxygens (including phenoxy) is 1. The number of benzene rings is 1. The van der Waals surface area contributed by atoms with Crippen LogP contribution in [0.25, 0.3) is 0 Å². The average molecular weight is 329 g/mol. The molecule has 1 saturated carbocycles. The standard InChI is InChI=1S/C15H18BrFO2/c1-2-19-15(8-4-3-5-9-15)14(18)12-10-11(16)6-7-13(12)17/h6-7,10H,2-5,8-9H2,1H3. The molecule has 0 bridgehead atoms. The van der Waals surface area contributed by atoms with Crippen LogP contribution in [-0.2, 0) is 4.74 Å². The minimum atomic E-state index is -0.825. The van der Waals surface area contributed by atoms with Crippen LogP contribution in [0, 0.1) is 5.82 Å². The lowest BCUT2D eigenvalue weighted by Gasteiger charge is -2.35. The largest absolute Gasteiger partial charge is 0.367 e. The van der Waals surface area contributed by atoms with Gasteiger partial charge in [0.2, 0.25) is 0 Å². The summed E-state index contributed by atoms with van der Waals surface area (Å²) in [5.74, 6) is -0.689. The molecule has 2 rings (SSSR count). The lowest BCUT2D eigenvalue weighted by molar-refractivity contribution is -0.0413. The van der Waals surface area contributed by atoms with Gasteiger partial charge >= 0.3 is 0 Å². The molecular formula is C15H18BrFO2. The second-order valence-electron chi connectivity index (χ2n) is 4.94. The van der Waals surface area contributed by atoms with Crippen molar-refractivity contribution >= 4 is 21.7 Å². The molecule has 0 radical (unpaired) electrons. The molecular weight excluding hydrogens is 311 g/mol. The molecule has 104 valence electrons. The fourth-order valence-corrected chi connectivity index (χ4v) is 3.11. The number of rotatable bonds is 4. The maximum Gasteiger partial charge on any atom is 0.197 e. The summed E-state index contributed by atoms with van der Waals surface area (Å²) in [6.07, 6.45) is 4.41. The van der Waals surface area contributed by atoms with Crippen molar-refractivity contribution in [3.8, 4) is 0 Å². The van der Waals surface area contributed by atoms with Crippen LogP contribution < -0.4 is 0 Å². The van der Waals surface area contributed by atoms with Gasteiger partial charge in [-0.3, -0.25) is 4.79 Å². The van der Waals surface area contributed by atoms with Gasteiger partial charge in [-0.15, -0.1) is 0 Å². The van der Waals surface area contributed by atoms with Gasteiger partial charge in [-0.2, -0.15) is 0 Å². The van der Waals surface area contributed by atoms with Crippen molar-refractivity contribution in [3.05, 3.63) is 34.1 Å². The topological polar surface area (TPSA) is 26.3 Å². The monoisotopic (exact) mass is 328 g/mol. The van der Waals surface area contributed by atoms with Crippen molar-refractivity contribution in [3.63, 3.8) is 0 Å². The smallest absolute Gasteiger partial charge is 0.197 e. The van der Waals surface area contributed by atoms with Gasteiger partial charge in [0.25, 0.3) is 0 Å². The summed E-state index contributed by atoms with van der Waals surface area (Å²) in [4.78, 5) is 12.7. The summed E-state index contributed by atoms with van der Waals surface area (Å²) in [5.41, 5.74) is -0.695. The molecule has 0 spiro atoms. The van der Waals surface area contributed by atoms with E-state index in [0.29, 0.717) is 23.9 Å². The zero-order valence-electron chi connectivity index (χ0n) is 11.0. The number of carbonyl (C=O) groups excluding carboxylic acids is 1. The molecule has 1 aliphatic rings. The van der Waals surface area contributed by atoms with Gasteiger partial charge in [-0.1, -0.05) is 35.2 Å². The van der Waals surface area contributed by atoms with E-state index in [1.165, 1.54) is 6.07 Å². The highest BCUT2D eigenvalue weighted by atomic mass is 79.9. The minimum Gasteiger partial charge on any atom is -0.367 e. The molecule has 0 amide bonds. The molecule has 0 heterocycles. The van der Waals surface area contributed by atoms with Crippen LogP contribution in [0.5, 0.6) is 0 Å². The molecule has 0 atom stereocenters. The first-order chi connectivity index (χ1) is 9.09. The van der Waals surface area contributed by atoms with Gasteiger partial charge in [-0.25, -0.2) is 4.39 Å². The summed E-state index contributed by atoms with van der Waals surface area (Å²) < 4.78 is 20.3. The van der Waals surface area contributed by atoms with E-state index in [0.717, 1.165) is 19.3 Å². The third-order valence-electron chi connectivity index (χ3n) is 3.67. The third kappa shape index (κ3) is 3.06. The van der Waals surface area contributed by atoms with Gasteiger partial charge < -0.3 is 4.74 Å². The second-order valence-corrected chi connectivity index (χ2v) is 5.86. The predicted molar refractivity (Wildman–Crippen MR) is 75.9 cm³/mol. The summed E-state index contributed by atoms with van der Waals surface area (Å²) >= 11 is 3.29. The summed E-state index contributed by atoms with van der Waals surface area (Å²) in [7, 11) is 0. The quantitative estimate of drug-likeness (QED) is 0.760. The molecule has 1 fully saturated rings. The van der Waals surface area contributed by atoms with E-state index in [1.54, 1.807) is 12.1 Å². The van der Waals surface area contributed by atoms with Crippen LogP contribution in [0.15, 0.2) is 22.7 Å². The number of carbonyl (C=O) groups is 1. The SMILES string of the molecule is CCOC1(C(=O)c2cc(Br)ccc2F)CCCCC1. The number of Topliss-reactive ketones (excluding diaryl/α,β-unsaturated/α-hetero) is 1. The fourth-order valence-electron chi connectivity index (χ4n) is 2.75. The highest BCUT2D eigenvalue weighted by molar-refractivity contribution is 9.10. The van der Waals surface area contributed by atoms with E-state index < -0.39 is 11.4 Å². The van der Waals surface area contributed by atoms with Crippen molar-refractivity contribution in [2.24, 2.45) is 0 Å². The highest BCUT2D eigenvalue weighted by Crippen LogP contribution is 2.35. The molecule has 1 aromatic rings. The van der Waals surface area contributed by atoms with Crippen LogP contribution in [-0.4, -0.2) is 18.0 Å². The van der Waals surface area contributed by atoms with Gasteiger partial charge in [0, 0.05) is 11.1 Å². The Balaban J connectivity index is 2.36. The molecule has 0 unspecified atom stereocenters. The lowest BCUT2D eigenvalue weighted by atomic mass is 9.79. The number of hydrogen-bond acceptors (Lipinski definition) is 2. The fraction of sp³-hybridized carbons (Fsp3) is 0.533. The Morgan fingerprint density at radius 2 is 2.05 bits per heavy atom. The van der Waals surface area contributed by atoms with Crippen molar-refractivity contribution in [1.29, 1.82) is 0 Å². The molecule has 4 heteroatoms. The first-order valence-corrected chi connectivity index (χ1v) is 7.52. The van der Waals surface area contributed by atoms with E-state index in [4.69, 9.17) is 4.74 Å². The average Bonchev–Trinajstić information content (AvgIpc) is 2.42. The van der Waals surface area contributed by atoms with Gasteiger partial charge in [-0.05, 0) is 38.0 Å². The van der Waals surface area contributed by atoms with Gasteiger partial charge in [0.15, 0.2) is 5.78 Å². The number of hydrogen-bond donors (Lipinski definition) is 0. The molecule has 19 heavy (non-hydrogen) atoms. The molecule has 0 aliphatic heterocycles. The molecule has 1 aliphatic carbocycles. The first kappa shape index (κ1) is 14.7. The lowest BCUT2D eigenvalue weighted by Crippen LogP contribution is -2.44. The Bertz CT molecular complexity index is 462. The van der Waals surface area contributed by atoms with E-state index in [9.17, 15) is 9.18 Å². The Hall–Kier alpha value is -0.740. The number of ketones is 1. The normalized spacial score (nSPS) is 18.3. The van der Waals surface area contributed by atoms with Crippen LogP contribution >= 0.6 is 15.9 Å². The summed E-state index contributed by atoms with van der Waals surface area (Å²) in [6, 6.07) is 4.47. The molecule has 1 aromatic carbocycles. The molecule has 0 aromatic heterocycles. The van der Waals surface area contributed by atoms with E-state index in [1.807, 2.05) is 6.92 Å². The van der Waals surface area contributed by atoms with Crippen molar-refractivity contribution in [2.45, 2.75) is 44.6 Å². The van der Waals surface area contributed by atoms with Gasteiger partial charge in [0.05, 0.1) is 5.56 Å². The Morgan fingerprint density at radius 3 is 2.68 bits per heavy atom. The summed E-state index contributed by atoms with van der Waals surface area (Å²) in [6.45, 7) is 2.35. The van der Waals surface area contributed by atoms with Crippen LogP contribution in [0.2, 0.25) is 0 Å². The van der Waals surface area contributed by atoms with E-state index in [2.05, 4.69) is 15.9 Å². The minimum absolute atomic E-state index is 0.129. The van der Waals surface area contributed by atoms with Crippen LogP contribution in [0.3, 0.4) is 0 Å².